The summed E-state index contributed by atoms with van der Waals surface area (Å²) in [5, 5.41) is 3.80. The largest absolute Gasteiger partial charge is 0.360 e. The molecule has 0 aliphatic rings. The number of H-pyrrole nitrogens is 1. The van der Waals surface area contributed by atoms with Crippen LogP contribution in [0.2, 0.25) is 0 Å². The van der Waals surface area contributed by atoms with Gasteiger partial charge in [-0.05, 0) is 12.5 Å². The molecule has 5 heteroatoms. The van der Waals surface area contributed by atoms with E-state index in [4.69, 9.17) is 0 Å². The van der Waals surface area contributed by atoms with Crippen molar-refractivity contribution in [3.05, 3.63) is 71.9 Å². The van der Waals surface area contributed by atoms with E-state index in [-0.39, 0.29) is 18.2 Å². The Morgan fingerprint density at radius 1 is 1.07 bits per heavy atom. The molecule has 1 unspecified atom stereocenters. The lowest BCUT2D eigenvalue weighted by atomic mass is 9.96. The van der Waals surface area contributed by atoms with Crippen molar-refractivity contribution in [3.8, 4) is 0 Å². The lowest BCUT2D eigenvalue weighted by Gasteiger charge is -2.24. The SMILES string of the molecule is CCCNC(=O)C[NH+](C)[C@H](C(=O)c1c[nH]c2ccccc12)c1ccccc1. The first-order chi connectivity index (χ1) is 13.1. The number of hydrogen-bond donors (Lipinski definition) is 3. The van der Waals surface area contributed by atoms with Crippen molar-refractivity contribution in [2.75, 3.05) is 20.1 Å². The fraction of sp³-hybridized carbons (Fsp3) is 0.273. The first kappa shape index (κ1) is 18.9. The van der Waals surface area contributed by atoms with Crippen LogP contribution < -0.4 is 10.2 Å². The number of amides is 1. The Balaban J connectivity index is 1.92. The Morgan fingerprint density at radius 2 is 1.78 bits per heavy atom. The molecule has 0 saturated carbocycles. The second-order valence-corrected chi connectivity index (χ2v) is 6.83. The van der Waals surface area contributed by atoms with Gasteiger partial charge in [0.1, 0.15) is 0 Å². The Labute approximate surface area is 159 Å². The maximum Gasteiger partial charge on any atom is 0.275 e. The summed E-state index contributed by atoms with van der Waals surface area (Å²) in [6.45, 7) is 2.91. The van der Waals surface area contributed by atoms with Gasteiger partial charge in [-0.2, -0.15) is 0 Å². The molecule has 5 nitrogen and oxygen atoms in total. The number of hydrogen-bond acceptors (Lipinski definition) is 2. The Kier molecular flexibility index (Phi) is 6.04. The molecule has 27 heavy (non-hydrogen) atoms. The van der Waals surface area contributed by atoms with Crippen LogP contribution in [0.3, 0.4) is 0 Å². The summed E-state index contributed by atoms with van der Waals surface area (Å²) >= 11 is 0. The lowest BCUT2D eigenvalue weighted by Crippen LogP contribution is -3.11. The van der Waals surface area contributed by atoms with E-state index in [1.54, 1.807) is 6.20 Å². The molecule has 0 spiro atoms. The van der Waals surface area contributed by atoms with E-state index in [1.807, 2.05) is 68.6 Å². The summed E-state index contributed by atoms with van der Waals surface area (Å²) in [6, 6.07) is 17.0. The van der Waals surface area contributed by atoms with Gasteiger partial charge >= 0.3 is 0 Å². The average Bonchev–Trinajstić information content (AvgIpc) is 3.11. The Hall–Kier alpha value is -2.92. The van der Waals surface area contributed by atoms with Crippen LogP contribution in [0.1, 0.15) is 35.3 Å². The number of quaternary nitrogens is 1. The van der Waals surface area contributed by atoms with E-state index >= 15 is 0 Å². The first-order valence-corrected chi connectivity index (χ1v) is 9.36. The number of benzene rings is 2. The highest BCUT2D eigenvalue weighted by Gasteiger charge is 2.32. The highest BCUT2D eigenvalue weighted by Crippen LogP contribution is 2.23. The third kappa shape index (κ3) is 4.26. The summed E-state index contributed by atoms with van der Waals surface area (Å²) in [5.74, 6) is -0.0264. The van der Waals surface area contributed by atoms with Crippen molar-refractivity contribution < 1.29 is 14.5 Å². The van der Waals surface area contributed by atoms with E-state index in [2.05, 4.69) is 10.3 Å². The van der Waals surface area contributed by atoms with Gasteiger partial charge in [0.2, 0.25) is 5.78 Å². The zero-order chi connectivity index (χ0) is 19.2. The number of aromatic nitrogens is 1. The van der Waals surface area contributed by atoms with Gasteiger partial charge in [-0.1, -0.05) is 55.5 Å². The van der Waals surface area contributed by atoms with Gasteiger partial charge in [0.25, 0.3) is 5.91 Å². The van der Waals surface area contributed by atoms with Crippen molar-refractivity contribution in [1.82, 2.24) is 10.3 Å². The molecule has 0 bridgehead atoms. The maximum atomic E-state index is 13.5. The van der Waals surface area contributed by atoms with Crippen LogP contribution in [0.25, 0.3) is 10.9 Å². The molecule has 0 fully saturated rings. The van der Waals surface area contributed by atoms with Crippen LogP contribution in [0.5, 0.6) is 0 Å². The predicted molar refractivity (Wildman–Crippen MR) is 107 cm³/mol. The van der Waals surface area contributed by atoms with Gasteiger partial charge in [0.15, 0.2) is 12.6 Å². The number of likely N-dealkylation sites (N-methyl/N-ethyl adjacent to an activating group) is 1. The molecule has 0 radical (unpaired) electrons. The quantitative estimate of drug-likeness (QED) is 0.536. The van der Waals surface area contributed by atoms with Crippen molar-refractivity contribution in [2.45, 2.75) is 19.4 Å². The van der Waals surface area contributed by atoms with Crippen molar-refractivity contribution in [2.24, 2.45) is 0 Å². The van der Waals surface area contributed by atoms with Crippen LogP contribution in [0.15, 0.2) is 60.8 Å². The summed E-state index contributed by atoms with van der Waals surface area (Å²) in [5.41, 5.74) is 2.51. The van der Waals surface area contributed by atoms with Crippen LogP contribution in [0.4, 0.5) is 0 Å². The smallest absolute Gasteiger partial charge is 0.275 e. The molecule has 3 rings (SSSR count). The molecule has 2 aromatic carbocycles. The molecular formula is C22H26N3O2+. The zero-order valence-corrected chi connectivity index (χ0v) is 15.8. The molecular weight excluding hydrogens is 338 g/mol. The molecule has 1 amide bonds. The van der Waals surface area contributed by atoms with Gasteiger partial charge in [-0.25, -0.2) is 0 Å². The van der Waals surface area contributed by atoms with Gasteiger partial charge in [0.05, 0.1) is 7.05 Å². The van der Waals surface area contributed by atoms with Crippen LogP contribution in [-0.4, -0.2) is 36.8 Å². The lowest BCUT2D eigenvalue weighted by molar-refractivity contribution is -0.893. The Bertz CT molecular complexity index is 917. The van der Waals surface area contributed by atoms with Crippen molar-refractivity contribution >= 4 is 22.6 Å². The molecule has 2 atom stereocenters. The minimum Gasteiger partial charge on any atom is -0.360 e. The van der Waals surface area contributed by atoms with E-state index in [9.17, 15) is 9.59 Å². The summed E-state index contributed by atoms with van der Waals surface area (Å²) in [4.78, 5) is 29.7. The van der Waals surface area contributed by atoms with Gasteiger partial charge in [0, 0.05) is 34.8 Å². The number of fused-ring (bicyclic) bond motifs is 1. The maximum absolute atomic E-state index is 13.5. The Morgan fingerprint density at radius 3 is 2.52 bits per heavy atom. The molecule has 1 aromatic heterocycles. The number of carbonyl (C=O) groups excluding carboxylic acids is 2. The topological polar surface area (TPSA) is 66.4 Å². The molecule has 0 aliphatic heterocycles. The summed E-state index contributed by atoms with van der Waals surface area (Å²) < 4.78 is 0. The number of carbonyl (C=O) groups is 2. The number of ketones is 1. The highest BCUT2D eigenvalue weighted by molar-refractivity contribution is 6.10. The van der Waals surface area contributed by atoms with Crippen molar-refractivity contribution in [3.63, 3.8) is 0 Å². The minimum atomic E-state index is -0.446. The number of aromatic amines is 1. The number of Topliss-reactive ketones (excluding diaryl/α,β-unsaturated/α-hetero) is 1. The molecule has 1 heterocycles. The summed E-state index contributed by atoms with van der Waals surface area (Å²) in [7, 11) is 1.90. The van der Waals surface area contributed by atoms with Crippen LogP contribution in [-0.2, 0) is 4.79 Å². The average molecular weight is 364 g/mol. The highest BCUT2D eigenvalue weighted by atomic mass is 16.2. The van der Waals surface area contributed by atoms with E-state index in [1.165, 1.54) is 0 Å². The fourth-order valence-electron chi connectivity index (χ4n) is 3.42. The van der Waals surface area contributed by atoms with Gasteiger partial charge < -0.3 is 15.2 Å². The number of nitrogens with one attached hydrogen (secondary N) is 3. The molecule has 0 aliphatic carbocycles. The molecule has 3 N–H and O–H groups in total. The van der Waals surface area contributed by atoms with Crippen molar-refractivity contribution in [1.29, 1.82) is 0 Å². The van der Waals surface area contributed by atoms with E-state index < -0.39 is 6.04 Å². The zero-order valence-electron chi connectivity index (χ0n) is 15.8. The normalized spacial score (nSPS) is 13.3. The third-order valence-electron chi connectivity index (χ3n) is 4.75. The minimum absolute atomic E-state index is 0.0134. The van der Waals surface area contributed by atoms with Gasteiger partial charge in [-0.15, -0.1) is 0 Å². The van der Waals surface area contributed by atoms with E-state index in [0.717, 1.165) is 27.8 Å². The number of rotatable bonds is 8. The van der Waals surface area contributed by atoms with E-state index in [0.29, 0.717) is 12.1 Å². The second-order valence-electron chi connectivity index (χ2n) is 6.83. The molecule has 0 saturated heterocycles. The second kappa shape index (κ2) is 8.64. The predicted octanol–water partition coefficient (Wildman–Crippen LogP) is 2.13. The fourth-order valence-corrected chi connectivity index (χ4v) is 3.42. The molecule has 140 valence electrons. The first-order valence-electron chi connectivity index (χ1n) is 9.36. The number of para-hydroxylation sites is 1. The molecule has 3 aromatic rings. The monoisotopic (exact) mass is 364 g/mol. The van der Waals surface area contributed by atoms with Gasteiger partial charge in [-0.3, -0.25) is 9.59 Å². The van der Waals surface area contributed by atoms with Crippen LogP contribution in [0, 0.1) is 0 Å². The summed E-state index contributed by atoms with van der Waals surface area (Å²) in [6.07, 6.45) is 2.66. The van der Waals surface area contributed by atoms with Crippen LogP contribution >= 0.6 is 0 Å². The third-order valence-corrected chi connectivity index (χ3v) is 4.75. The standard InChI is InChI=1S/C22H25N3O2/c1-3-13-23-20(26)15-25(2)21(16-9-5-4-6-10-16)22(27)18-14-24-19-12-8-7-11-17(18)19/h4-12,14,21,24H,3,13,15H2,1-2H3,(H,23,26)/p+1/t21-/m0/s1.